The Balaban J connectivity index is 1.98. The Morgan fingerprint density at radius 3 is 2.78 bits per heavy atom. The Kier molecular flexibility index (Phi) is 5.47. The topological polar surface area (TPSA) is 113 Å². The Hall–Kier alpha value is -2.24. The zero-order chi connectivity index (χ0) is 16.9. The van der Waals surface area contributed by atoms with Crippen molar-refractivity contribution in [3.8, 4) is 6.07 Å². The number of ether oxygens (including phenoxy) is 1. The lowest BCUT2D eigenvalue weighted by molar-refractivity contribution is -0.155. The molecule has 2 rings (SSSR count). The fourth-order valence-electron chi connectivity index (χ4n) is 2.30. The number of nitrogens with one attached hydrogen (secondary N) is 1. The van der Waals surface area contributed by atoms with Gasteiger partial charge in [0, 0.05) is 6.42 Å². The third-order valence-corrected chi connectivity index (χ3v) is 4.94. The molecule has 1 saturated carbocycles. The second-order valence-electron chi connectivity index (χ2n) is 5.12. The smallest absolute Gasteiger partial charge is 0.321 e. The Labute approximate surface area is 134 Å². The Morgan fingerprint density at radius 2 is 2.09 bits per heavy atom. The molecule has 1 aliphatic rings. The van der Waals surface area contributed by atoms with Crippen molar-refractivity contribution in [3.05, 3.63) is 29.8 Å². The Morgan fingerprint density at radius 1 is 1.35 bits per heavy atom. The first-order chi connectivity index (χ1) is 10.9. The fourth-order valence-corrected chi connectivity index (χ4v) is 3.43. The molecule has 23 heavy (non-hydrogen) atoms. The number of rotatable bonds is 5. The van der Waals surface area contributed by atoms with Crippen LogP contribution in [0.1, 0.15) is 31.2 Å². The van der Waals surface area contributed by atoms with Gasteiger partial charge in [0.2, 0.25) is 10.0 Å². The van der Waals surface area contributed by atoms with Gasteiger partial charge in [0.05, 0.1) is 10.5 Å². The van der Waals surface area contributed by atoms with Crippen molar-refractivity contribution >= 4 is 21.8 Å². The molecule has 1 N–H and O–H groups in total. The van der Waals surface area contributed by atoms with E-state index in [1.807, 2.05) is 0 Å². The highest BCUT2D eigenvalue weighted by Gasteiger charge is 2.26. The number of benzene rings is 1. The third-order valence-electron chi connectivity index (χ3n) is 3.48. The van der Waals surface area contributed by atoms with Crippen LogP contribution in [0.4, 0.5) is 0 Å². The van der Waals surface area contributed by atoms with E-state index in [0.29, 0.717) is 12.8 Å². The predicted octanol–water partition coefficient (Wildman–Crippen LogP) is 0.891. The standard InChI is InChI=1S/C15H16N2O5S/c16-9-11-5-1-4-8-14(11)23(20,21)17-10-15(19)22-13-7-3-2-6-12(13)18/h1,4-5,8,13,17H,2-3,6-7,10H2/t13-/m0/s1. The quantitative estimate of drug-likeness (QED) is 0.799. The van der Waals surface area contributed by atoms with Gasteiger partial charge < -0.3 is 4.74 Å². The van der Waals surface area contributed by atoms with Crippen molar-refractivity contribution < 1.29 is 22.7 Å². The summed E-state index contributed by atoms with van der Waals surface area (Å²) in [6, 6.07) is 7.45. The maximum absolute atomic E-state index is 12.1. The van der Waals surface area contributed by atoms with Crippen LogP contribution < -0.4 is 4.72 Å². The molecular formula is C15H16N2O5S. The van der Waals surface area contributed by atoms with Crippen molar-refractivity contribution in [2.24, 2.45) is 0 Å². The van der Waals surface area contributed by atoms with Crippen molar-refractivity contribution in [2.45, 2.75) is 36.7 Å². The molecule has 7 nitrogen and oxygen atoms in total. The average Bonchev–Trinajstić information content (AvgIpc) is 2.55. The molecule has 1 fully saturated rings. The summed E-state index contributed by atoms with van der Waals surface area (Å²) in [4.78, 5) is 23.1. The van der Waals surface area contributed by atoms with Crippen LogP contribution in [0.15, 0.2) is 29.2 Å². The number of sulfonamides is 1. The van der Waals surface area contributed by atoms with E-state index in [9.17, 15) is 18.0 Å². The van der Waals surface area contributed by atoms with Crippen LogP contribution in [0, 0.1) is 11.3 Å². The first-order valence-corrected chi connectivity index (χ1v) is 8.63. The summed E-state index contributed by atoms with van der Waals surface area (Å²) in [5.41, 5.74) is -0.0178. The molecule has 122 valence electrons. The summed E-state index contributed by atoms with van der Waals surface area (Å²) >= 11 is 0. The van der Waals surface area contributed by atoms with Crippen molar-refractivity contribution in [1.29, 1.82) is 5.26 Å². The van der Waals surface area contributed by atoms with Gasteiger partial charge in [-0.3, -0.25) is 9.59 Å². The minimum atomic E-state index is -4.01. The molecule has 1 atom stereocenters. The van der Waals surface area contributed by atoms with Gasteiger partial charge in [0.25, 0.3) is 0 Å². The molecule has 0 heterocycles. The van der Waals surface area contributed by atoms with Crippen LogP contribution in [0.25, 0.3) is 0 Å². The average molecular weight is 336 g/mol. The highest BCUT2D eigenvalue weighted by Crippen LogP contribution is 2.18. The number of hydrogen-bond acceptors (Lipinski definition) is 6. The van der Waals surface area contributed by atoms with Gasteiger partial charge in [-0.1, -0.05) is 12.1 Å². The van der Waals surface area contributed by atoms with Crippen molar-refractivity contribution in [1.82, 2.24) is 4.72 Å². The van der Waals surface area contributed by atoms with Gasteiger partial charge in [-0.05, 0) is 31.4 Å². The molecule has 1 aliphatic carbocycles. The molecule has 1 aromatic rings. The first kappa shape index (κ1) is 17.1. The molecule has 0 aliphatic heterocycles. The number of hydrogen-bond donors (Lipinski definition) is 1. The van der Waals surface area contributed by atoms with E-state index in [1.54, 1.807) is 12.1 Å². The minimum Gasteiger partial charge on any atom is -0.453 e. The Bertz CT molecular complexity index is 751. The van der Waals surface area contributed by atoms with Gasteiger partial charge in [-0.25, -0.2) is 8.42 Å². The molecule has 0 spiro atoms. The fraction of sp³-hybridized carbons (Fsp3) is 0.400. The lowest BCUT2D eigenvalue weighted by Crippen LogP contribution is -2.36. The molecule has 0 aromatic heterocycles. The SMILES string of the molecule is N#Cc1ccccc1S(=O)(=O)NCC(=O)O[C@H]1CCCCC1=O. The maximum atomic E-state index is 12.1. The molecular weight excluding hydrogens is 320 g/mol. The number of carbonyl (C=O) groups excluding carboxylic acids is 2. The number of carbonyl (C=O) groups is 2. The monoisotopic (exact) mass is 336 g/mol. The zero-order valence-corrected chi connectivity index (χ0v) is 13.1. The molecule has 1 aromatic carbocycles. The lowest BCUT2D eigenvalue weighted by Gasteiger charge is -2.20. The summed E-state index contributed by atoms with van der Waals surface area (Å²) in [6.07, 6.45) is 1.63. The van der Waals surface area contributed by atoms with E-state index in [-0.39, 0.29) is 16.2 Å². The number of ketones is 1. The summed E-state index contributed by atoms with van der Waals surface area (Å²) < 4.78 is 31.4. The van der Waals surface area contributed by atoms with Crippen LogP contribution in [-0.4, -0.2) is 32.8 Å². The lowest BCUT2D eigenvalue weighted by atomic mass is 9.96. The summed E-state index contributed by atoms with van der Waals surface area (Å²) in [5.74, 6) is -0.953. The van der Waals surface area contributed by atoms with Crippen molar-refractivity contribution in [3.63, 3.8) is 0 Å². The number of esters is 1. The summed E-state index contributed by atoms with van der Waals surface area (Å²) in [6.45, 7) is -0.591. The highest BCUT2D eigenvalue weighted by molar-refractivity contribution is 7.89. The van der Waals surface area contributed by atoms with Gasteiger partial charge >= 0.3 is 5.97 Å². The zero-order valence-electron chi connectivity index (χ0n) is 12.3. The highest BCUT2D eigenvalue weighted by atomic mass is 32.2. The first-order valence-electron chi connectivity index (χ1n) is 7.15. The van der Waals surface area contributed by atoms with Crippen LogP contribution in [0.5, 0.6) is 0 Å². The molecule has 0 saturated heterocycles. The number of nitriles is 1. The molecule has 0 radical (unpaired) electrons. The van der Waals surface area contributed by atoms with Gasteiger partial charge in [0.15, 0.2) is 11.9 Å². The van der Waals surface area contributed by atoms with E-state index < -0.39 is 28.6 Å². The van der Waals surface area contributed by atoms with Gasteiger partial charge in [-0.15, -0.1) is 0 Å². The minimum absolute atomic E-state index is 0.0178. The number of nitrogens with zero attached hydrogens (tertiary/aromatic N) is 1. The van der Waals surface area contributed by atoms with Crippen LogP contribution >= 0.6 is 0 Å². The number of Topliss-reactive ketones (excluding diaryl/α,β-unsaturated/α-hetero) is 1. The van der Waals surface area contributed by atoms with E-state index >= 15 is 0 Å². The third kappa shape index (κ3) is 4.37. The molecule has 8 heteroatoms. The van der Waals surface area contributed by atoms with E-state index in [2.05, 4.69) is 4.72 Å². The molecule has 0 bridgehead atoms. The largest absolute Gasteiger partial charge is 0.453 e. The summed E-state index contributed by atoms with van der Waals surface area (Å²) in [5, 5.41) is 8.93. The summed E-state index contributed by atoms with van der Waals surface area (Å²) in [7, 11) is -4.01. The van der Waals surface area contributed by atoms with Crippen LogP contribution in [0.3, 0.4) is 0 Å². The van der Waals surface area contributed by atoms with Gasteiger partial charge in [0.1, 0.15) is 12.6 Å². The molecule has 0 amide bonds. The van der Waals surface area contributed by atoms with Crippen LogP contribution in [0.2, 0.25) is 0 Å². The van der Waals surface area contributed by atoms with E-state index in [1.165, 1.54) is 18.2 Å². The van der Waals surface area contributed by atoms with E-state index in [0.717, 1.165) is 12.8 Å². The maximum Gasteiger partial charge on any atom is 0.321 e. The van der Waals surface area contributed by atoms with Gasteiger partial charge in [-0.2, -0.15) is 9.98 Å². The van der Waals surface area contributed by atoms with Crippen LogP contribution in [-0.2, 0) is 24.3 Å². The van der Waals surface area contributed by atoms with E-state index in [4.69, 9.17) is 10.00 Å². The van der Waals surface area contributed by atoms with Crippen molar-refractivity contribution in [2.75, 3.05) is 6.54 Å². The second-order valence-corrected chi connectivity index (χ2v) is 6.86. The normalized spacial score (nSPS) is 18.2. The predicted molar refractivity (Wildman–Crippen MR) is 79.7 cm³/mol. The second kappa shape index (κ2) is 7.35. The molecule has 0 unspecified atom stereocenters.